The van der Waals surface area contributed by atoms with Crippen molar-refractivity contribution in [2.75, 3.05) is 6.61 Å². The predicted molar refractivity (Wildman–Crippen MR) is 78.6 cm³/mol. The van der Waals surface area contributed by atoms with Gasteiger partial charge in [0.05, 0.1) is 6.54 Å². The van der Waals surface area contributed by atoms with Crippen molar-refractivity contribution in [2.24, 2.45) is 0 Å². The van der Waals surface area contributed by atoms with Gasteiger partial charge in [-0.25, -0.2) is 4.79 Å². The molecule has 1 heterocycles. The molecule has 1 aromatic carbocycles. The van der Waals surface area contributed by atoms with Gasteiger partial charge in [0.25, 0.3) is 0 Å². The van der Waals surface area contributed by atoms with Crippen LogP contribution in [0.25, 0.3) is 0 Å². The highest BCUT2D eigenvalue weighted by Gasteiger charge is 2.10. The maximum atomic E-state index is 10.7. The molecule has 1 atom stereocenters. The number of carbonyl (C=O) groups is 1. The van der Waals surface area contributed by atoms with Gasteiger partial charge in [-0.2, -0.15) is 0 Å². The first-order valence-electron chi connectivity index (χ1n) is 6.79. The van der Waals surface area contributed by atoms with Crippen molar-refractivity contribution in [3.63, 3.8) is 0 Å². The van der Waals surface area contributed by atoms with Crippen molar-refractivity contribution in [1.29, 1.82) is 0 Å². The molecule has 112 valence electrons. The number of carboxylic acid groups (broad SMARTS) is 1. The van der Waals surface area contributed by atoms with E-state index in [1.165, 1.54) is 11.6 Å². The summed E-state index contributed by atoms with van der Waals surface area (Å²) in [5.41, 5.74) is 1.19. The summed E-state index contributed by atoms with van der Waals surface area (Å²) in [6.45, 7) is 5.01. The Hall–Kier alpha value is -2.27. The minimum absolute atomic E-state index is 0.0460. The number of aromatic carboxylic acids is 1. The van der Waals surface area contributed by atoms with Crippen molar-refractivity contribution >= 4 is 5.97 Å². The first kappa shape index (κ1) is 15.1. The zero-order valence-electron chi connectivity index (χ0n) is 12.1. The summed E-state index contributed by atoms with van der Waals surface area (Å²) in [7, 11) is 0. The summed E-state index contributed by atoms with van der Waals surface area (Å²) >= 11 is 0. The maximum absolute atomic E-state index is 10.7. The number of nitrogens with one attached hydrogen (secondary N) is 1. The third-order valence-electron chi connectivity index (χ3n) is 3.02. The average molecular weight is 289 g/mol. The molecule has 2 rings (SSSR count). The molecule has 2 aromatic rings. The summed E-state index contributed by atoms with van der Waals surface area (Å²) in [4.78, 5) is 10.7. The van der Waals surface area contributed by atoms with Gasteiger partial charge in [-0.1, -0.05) is 17.7 Å². The molecule has 21 heavy (non-hydrogen) atoms. The Labute approximate surface area is 123 Å². The minimum Gasteiger partial charge on any atom is -0.492 e. The normalized spacial score (nSPS) is 12.1. The number of benzene rings is 1. The molecular formula is C16H19NO4. The second-order valence-electron chi connectivity index (χ2n) is 4.98. The Morgan fingerprint density at radius 2 is 2.00 bits per heavy atom. The highest BCUT2D eigenvalue weighted by molar-refractivity contribution is 5.84. The molecule has 0 bridgehead atoms. The Balaban J connectivity index is 1.75. The fraction of sp³-hybridized carbons (Fsp3) is 0.312. The van der Waals surface area contributed by atoms with Crippen LogP contribution in [-0.2, 0) is 6.54 Å². The van der Waals surface area contributed by atoms with Gasteiger partial charge in [0.1, 0.15) is 18.1 Å². The van der Waals surface area contributed by atoms with Gasteiger partial charge < -0.3 is 19.6 Å². The Bertz CT molecular complexity index is 589. The largest absolute Gasteiger partial charge is 0.492 e. The SMILES string of the molecule is Cc1ccc(OCC(C)NCc2ccc(C(=O)O)o2)cc1. The Kier molecular flexibility index (Phi) is 5.00. The lowest BCUT2D eigenvalue weighted by Crippen LogP contribution is -2.31. The third-order valence-corrected chi connectivity index (χ3v) is 3.02. The number of rotatable bonds is 7. The number of aryl methyl sites for hydroxylation is 1. The second-order valence-corrected chi connectivity index (χ2v) is 4.98. The molecule has 0 aliphatic carbocycles. The number of ether oxygens (including phenoxy) is 1. The van der Waals surface area contributed by atoms with Crippen molar-refractivity contribution in [3.8, 4) is 5.75 Å². The minimum atomic E-state index is -1.06. The van der Waals surface area contributed by atoms with Crippen LogP contribution in [0.2, 0.25) is 0 Å². The van der Waals surface area contributed by atoms with Crippen LogP contribution in [0.1, 0.15) is 28.8 Å². The zero-order chi connectivity index (χ0) is 15.2. The molecule has 0 amide bonds. The highest BCUT2D eigenvalue weighted by Crippen LogP contribution is 2.12. The van der Waals surface area contributed by atoms with E-state index in [0.717, 1.165) is 5.75 Å². The van der Waals surface area contributed by atoms with E-state index in [1.807, 2.05) is 38.1 Å². The number of hydrogen-bond acceptors (Lipinski definition) is 4. The number of hydrogen-bond donors (Lipinski definition) is 2. The summed E-state index contributed by atoms with van der Waals surface area (Å²) in [6.07, 6.45) is 0. The molecule has 5 nitrogen and oxygen atoms in total. The van der Waals surface area contributed by atoms with E-state index in [9.17, 15) is 4.79 Å². The molecule has 0 fully saturated rings. The summed E-state index contributed by atoms with van der Waals surface area (Å²) in [5, 5.41) is 12.0. The van der Waals surface area contributed by atoms with Crippen LogP contribution in [0.15, 0.2) is 40.8 Å². The van der Waals surface area contributed by atoms with E-state index in [2.05, 4.69) is 5.32 Å². The van der Waals surface area contributed by atoms with Gasteiger partial charge in [0.2, 0.25) is 5.76 Å². The van der Waals surface area contributed by atoms with E-state index >= 15 is 0 Å². The van der Waals surface area contributed by atoms with Crippen LogP contribution in [-0.4, -0.2) is 23.7 Å². The molecule has 5 heteroatoms. The van der Waals surface area contributed by atoms with Crippen molar-refractivity contribution in [2.45, 2.75) is 26.4 Å². The molecule has 1 unspecified atom stereocenters. The lowest BCUT2D eigenvalue weighted by molar-refractivity contribution is 0.0660. The highest BCUT2D eigenvalue weighted by atomic mass is 16.5. The van der Waals surface area contributed by atoms with Crippen LogP contribution >= 0.6 is 0 Å². The molecule has 0 radical (unpaired) electrons. The fourth-order valence-corrected chi connectivity index (χ4v) is 1.78. The van der Waals surface area contributed by atoms with E-state index in [4.69, 9.17) is 14.3 Å². The van der Waals surface area contributed by atoms with Crippen LogP contribution in [0, 0.1) is 6.92 Å². The molecule has 0 saturated heterocycles. The van der Waals surface area contributed by atoms with Gasteiger partial charge in [0.15, 0.2) is 0 Å². The van der Waals surface area contributed by atoms with Crippen molar-refractivity contribution < 1.29 is 19.1 Å². The molecular weight excluding hydrogens is 270 g/mol. The van der Waals surface area contributed by atoms with Gasteiger partial charge in [-0.05, 0) is 38.1 Å². The molecule has 0 aliphatic rings. The molecule has 0 aliphatic heterocycles. The topological polar surface area (TPSA) is 71.7 Å². The van der Waals surface area contributed by atoms with Crippen LogP contribution in [0.3, 0.4) is 0 Å². The van der Waals surface area contributed by atoms with E-state index in [0.29, 0.717) is 18.9 Å². The van der Waals surface area contributed by atoms with Gasteiger partial charge in [-0.3, -0.25) is 0 Å². The number of carboxylic acids is 1. The first-order valence-corrected chi connectivity index (χ1v) is 6.79. The van der Waals surface area contributed by atoms with E-state index < -0.39 is 5.97 Å². The molecule has 0 spiro atoms. The smallest absolute Gasteiger partial charge is 0.371 e. The van der Waals surface area contributed by atoms with Crippen LogP contribution in [0.4, 0.5) is 0 Å². The third kappa shape index (κ3) is 4.65. The summed E-state index contributed by atoms with van der Waals surface area (Å²) < 4.78 is 10.8. The average Bonchev–Trinajstić information content (AvgIpc) is 2.93. The standard InChI is InChI=1S/C16H19NO4/c1-11-3-5-13(6-4-11)20-10-12(2)17-9-14-7-8-15(21-14)16(18)19/h3-8,12,17H,9-10H2,1-2H3,(H,18,19). The quantitative estimate of drug-likeness (QED) is 0.820. The van der Waals surface area contributed by atoms with Gasteiger partial charge in [0, 0.05) is 6.04 Å². The van der Waals surface area contributed by atoms with Crippen LogP contribution in [0.5, 0.6) is 5.75 Å². The predicted octanol–water partition coefficient (Wildman–Crippen LogP) is 2.84. The van der Waals surface area contributed by atoms with E-state index in [-0.39, 0.29) is 11.8 Å². The van der Waals surface area contributed by atoms with Gasteiger partial charge in [-0.15, -0.1) is 0 Å². The zero-order valence-corrected chi connectivity index (χ0v) is 12.1. The van der Waals surface area contributed by atoms with Crippen molar-refractivity contribution in [3.05, 3.63) is 53.5 Å². The lowest BCUT2D eigenvalue weighted by atomic mass is 10.2. The van der Waals surface area contributed by atoms with Crippen LogP contribution < -0.4 is 10.1 Å². The second kappa shape index (κ2) is 6.95. The monoisotopic (exact) mass is 289 g/mol. The van der Waals surface area contributed by atoms with E-state index in [1.54, 1.807) is 6.07 Å². The first-order chi connectivity index (χ1) is 10.0. The fourth-order valence-electron chi connectivity index (χ4n) is 1.78. The Morgan fingerprint density at radius 3 is 2.62 bits per heavy atom. The molecule has 1 aromatic heterocycles. The summed E-state index contributed by atoms with van der Waals surface area (Å²) in [6, 6.07) is 11.1. The summed E-state index contributed by atoms with van der Waals surface area (Å²) in [5.74, 6) is 0.322. The molecule has 2 N–H and O–H groups in total. The molecule has 0 saturated carbocycles. The van der Waals surface area contributed by atoms with Crippen molar-refractivity contribution in [1.82, 2.24) is 5.32 Å². The number of furan rings is 1. The lowest BCUT2D eigenvalue weighted by Gasteiger charge is -2.14. The van der Waals surface area contributed by atoms with Gasteiger partial charge >= 0.3 is 5.97 Å². The maximum Gasteiger partial charge on any atom is 0.371 e. The Morgan fingerprint density at radius 1 is 1.29 bits per heavy atom.